The van der Waals surface area contributed by atoms with Gasteiger partial charge in [0.15, 0.2) is 6.61 Å². The predicted molar refractivity (Wildman–Crippen MR) is 80.1 cm³/mol. The van der Waals surface area contributed by atoms with E-state index in [1.54, 1.807) is 0 Å². The number of aliphatic hydroxyl groups excluding tert-OH is 1. The molecule has 1 fully saturated rings. The number of esters is 1. The lowest BCUT2D eigenvalue weighted by atomic mass is 10.2. The first-order chi connectivity index (χ1) is 11.7. The van der Waals surface area contributed by atoms with Crippen LogP contribution in [0.4, 0.5) is 23.7 Å². The highest BCUT2D eigenvalue weighted by molar-refractivity contribution is 5.93. The summed E-state index contributed by atoms with van der Waals surface area (Å²) < 4.78 is 45.4. The second-order valence-corrected chi connectivity index (χ2v) is 5.44. The predicted octanol–water partition coefficient (Wildman–Crippen LogP) is 1.77. The number of β-amino-alcohol motifs (C(OH)–C–C–N with tert-alkyl or cyclic N) is 1. The maximum atomic E-state index is 12.2. The van der Waals surface area contributed by atoms with Gasteiger partial charge in [-0.15, -0.1) is 0 Å². The number of carbonyl (C=O) groups excluding carboxylic acids is 2. The van der Waals surface area contributed by atoms with Gasteiger partial charge in [0.2, 0.25) is 0 Å². The van der Waals surface area contributed by atoms with Gasteiger partial charge >= 0.3 is 18.2 Å². The van der Waals surface area contributed by atoms with E-state index in [1.165, 1.54) is 31.4 Å². The average Bonchev–Trinajstić information content (AvgIpc) is 2.95. The Labute approximate surface area is 141 Å². The lowest BCUT2D eigenvalue weighted by molar-refractivity contribution is -0.153. The van der Waals surface area contributed by atoms with Crippen LogP contribution in [0.2, 0.25) is 0 Å². The number of anilines is 1. The molecule has 1 aromatic carbocycles. The third-order valence-corrected chi connectivity index (χ3v) is 3.52. The van der Waals surface area contributed by atoms with Gasteiger partial charge in [-0.3, -0.25) is 0 Å². The molecule has 7 nitrogen and oxygen atoms in total. The van der Waals surface area contributed by atoms with Gasteiger partial charge in [-0.05, 0) is 24.3 Å². The molecule has 0 radical (unpaired) electrons. The molecular formula is C15H17F3N2O5. The largest absolute Gasteiger partial charge is 0.484 e. The summed E-state index contributed by atoms with van der Waals surface area (Å²) in [5.74, 6) is -0.637. The van der Waals surface area contributed by atoms with E-state index in [0.29, 0.717) is 5.69 Å². The van der Waals surface area contributed by atoms with E-state index in [-0.39, 0.29) is 18.7 Å². The monoisotopic (exact) mass is 362 g/mol. The number of methoxy groups -OCH3 is 1. The fourth-order valence-electron chi connectivity index (χ4n) is 2.39. The van der Waals surface area contributed by atoms with E-state index in [0.717, 1.165) is 4.90 Å². The Morgan fingerprint density at radius 2 is 1.96 bits per heavy atom. The first-order valence-corrected chi connectivity index (χ1v) is 7.32. The number of hydrogen-bond acceptors (Lipinski definition) is 5. The fraction of sp³-hybridized carbons (Fsp3) is 0.467. The van der Waals surface area contributed by atoms with E-state index in [9.17, 15) is 27.9 Å². The lowest BCUT2D eigenvalue weighted by Crippen LogP contribution is -2.43. The van der Waals surface area contributed by atoms with E-state index in [4.69, 9.17) is 0 Å². The molecule has 2 N–H and O–H groups in total. The number of rotatable bonds is 4. The quantitative estimate of drug-likeness (QED) is 0.797. The van der Waals surface area contributed by atoms with Crippen LogP contribution in [0.1, 0.15) is 6.42 Å². The van der Waals surface area contributed by atoms with E-state index < -0.39 is 36.9 Å². The van der Waals surface area contributed by atoms with E-state index in [2.05, 4.69) is 14.8 Å². The van der Waals surface area contributed by atoms with Gasteiger partial charge in [-0.2, -0.15) is 13.2 Å². The summed E-state index contributed by atoms with van der Waals surface area (Å²) in [5.41, 5.74) is 0.300. The highest BCUT2D eigenvalue weighted by atomic mass is 19.4. The standard InChI is InChI=1S/C15H17F3N2O5/c1-24-13(22)12-6-10(21)7-20(12)14(23)19-9-2-4-11(5-3-9)25-8-15(16,17)18/h2-5,10,12,21H,6-8H2,1H3,(H,19,23). The Morgan fingerprint density at radius 3 is 2.52 bits per heavy atom. The summed E-state index contributed by atoms with van der Waals surface area (Å²) in [4.78, 5) is 25.1. The summed E-state index contributed by atoms with van der Waals surface area (Å²) in [6.45, 7) is -1.44. The molecule has 10 heteroatoms. The van der Waals surface area contributed by atoms with Crippen LogP contribution in [0.25, 0.3) is 0 Å². The van der Waals surface area contributed by atoms with Crippen LogP contribution in [0.5, 0.6) is 5.75 Å². The van der Waals surface area contributed by atoms with Crippen LogP contribution in [-0.4, -0.2) is 60.6 Å². The maximum absolute atomic E-state index is 12.2. The van der Waals surface area contributed by atoms with Crippen molar-refractivity contribution in [2.24, 2.45) is 0 Å². The normalized spacial score (nSPS) is 20.3. The minimum absolute atomic E-state index is 0.000596. The highest BCUT2D eigenvalue weighted by Crippen LogP contribution is 2.23. The summed E-state index contributed by atoms with van der Waals surface area (Å²) in [6.07, 6.45) is -5.20. The summed E-state index contributed by atoms with van der Waals surface area (Å²) in [5, 5.41) is 12.2. The Balaban J connectivity index is 1.97. The van der Waals surface area contributed by atoms with E-state index >= 15 is 0 Å². The van der Waals surface area contributed by atoms with Crippen molar-refractivity contribution in [2.45, 2.75) is 24.7 Å². The molecule has 0 aromatic heterocycles. The molecule has 2 unspecified atom stereocenters. The zero-order valence-corrected chi connectivity index (χ0v) is 13.2. The third kappa shape index (κ3) is 5.24. The number of nitrogens with zero attached hydrogens (tertiary/aromatic N) is 1. The molecule has 1 heterocycles. The molecule has 0 saturated carbocycles. The smallest absolute Gasteiger partial charge is 0.422 e. The molecule has 2 rings (SSSR count). The van der Waals surface area contributed by atoms with Gasteiger partial charge in [-0.1, -0.05) is 0 Å². The van der Waals surface area contributed by atoms with Gasteiger partial charge in [0.1, 0.15) is 11.8 Å². The number of ether oxygens (including phenoxy) is 2. The Bertz CT molecular complexity index is 621. The number of carbonyl (C=O) groups is 2. The van der Waals surface area contributed by atoms with Crippen LogP contribution in [0.15, 0.2) is 24.3 Å². The van der Waals surface area contributed by atoms with Gasteiger partial charge < -0.3 is 24.8 Å². The average molecular weight is 362 g/mol. The van der Waals surface area contributed by atoms with Gasteiger partial charge in [0.25, 0.3) is 0 Å². The number of halogens is 3. The molecular weight excluding hydrogens is 345 g/mol. The molecule has 1 saturated heterocycles. The van der Waals surface area contributed by atoms with Crippen molar-refractivity contribution in [2.75, 3.05) is 25.6 Å². The van der Waals surface area contributed by atoms with Crippen molar-refractivity contribution in [1.29, 1.82) is 0 Å². The first-order valence-electron chi connectivity index (χ1n) is 7.32. The Hall–Kier alpha value is -2.49. The number of urea groups is 1. The number of benzene rings is 1. The zero-order chi connectivity index (χ0) is 18.6. The van der Waals surface area contributed by atoms with Gasteiger partial charge in [0.05, 0.1) is 13.2 Å². The molecule has 25 heavy (non-hydrogen) atoms. The van der Waals surface area contributed by atoms with Gasteiger partial charge in [-0.25, -0.2) is 9.59 Å². The van der Waals surface area contributed by atoms with Crippen molar-refractivity contribution in [3.05, 3.63) is 24.3 Å². The number of likely N-dealkylation sites (tertiary alicyclic amines) is 1. The summed E-state index contributed by atoms with van der Waals surface area (Å²) in [6, 6.07) is 3.76. The molecule has 0 bridgehead atoms. The van der Waals surface area contributed by atoms with Crippen molar-refractivity contribution in [1.82, 2.24) is 4.90 Å². The first kappa shape index (κ1) is 18.8. The highest BCUT2D eigenvalue weighted by Gasteiger charge is 2.39. The van der Waals surface area contributed by atoms with Crippen molar-refractivity contribution in [3.63, 3.8) is 0 Å². The molecule has 1 aromatic rings. The molecule has 0 aliphatic carbocycles. The topological polar surface area (TPSA) is 88.1 Å². The van der Waals surface area contributed by atoms with E-state index in [1.807, 2.05) is 0 Å². The number of alkyl halides is 3. The second-order valence-electron chi connectivity index (χ2n) is 5.44. The molecule has 0 spiro atoms. The molecule has 2 amide bonds. The van der Waals surface area contributed by atoms with Crippen molar-refractivity contribution < 1.29 is 37.3 Å². The molecule has 1 aliphatic heterocycles. The number of amides is 2. The van der Waals surface area contributed by atoms with Crippen LogP contribution in [-0.2, 0) is 9.53 Å². The van der Waals surface area contributed by atoms with Crippen LogP contribution in [0, 0.1) is 0 Å². The van der Waals surface area contributed by atoms with Crippen LogP contribution < -0.4 is 10.1 Å². The van der Waals surface area contributed by atoms with Crippen molar-refractivity contribution in [3.8, 4) is 5.75 Å². The molecule has 1 aliphatic rings. The Morgan fingerprint density at radius 1 is 1.32 bits per heavy atom. The maximum Gasteiger partial charge on any atom is 0.422 e. The number of hydrogen-bond donors (Lipinski definition) is 2. The fourth-order valence-corrected chi connectivity index (χ4v) is 2.39. The van der Waals surface area contributed by atoms with Gasteiger partial charge in [0, 0.05) is 18.7 Å². The Kier molecular flexibility index (Phi) is 5.73. The lowest BCUT2D eigenvalue weighted by Gasteiger charge is -2.22. The molecule has 138 valence electrons. The third-order valence-electron chi connectivity index (χ3n) is 3.52. The summed E-state index contributed by atoms with van der Waals surface area (Å²) >= 11 is 0. The number of nitrogens with one attached hydrogen (secondary N) is 1. The van der Waals surface area contributed by atoms with Crippen LogP contribution in [0.3, 0.4) is 0 Å². The zero-order valence-electron chi connectivity index (χ0n) is 13.2. The number of aliphatic hydroxyl groups is 1. The minimum atomic E-state index is -4.44. The molecule has 2 atom stereocenters. The SMILES string of the molecule is COC(=O)C1CC(O)CN1C(=O)Nc1ccc(OCC(F)(F)F)cc1. The summed E-state index contributed by atoms with van der Waals surface area (Å²) in [7, 11) is 1.18. The van der Waals surface area contributed by atoms with Crippen molar-refractivity contribution >= 4 is 17.7 Å². The minimum Gasteiger partial charge on any atom is -0.484 e. The second kappa shape index (κ2) is 7.60. The van der Waals surface area contributed by atoms with Crippen LogP contribution >= 0.6 is 0 Å².